The van der Waals surface area contributed by atoms with Gasteiger partial charge in [-0.15, -0.1) is 12.4 Å². The quantitative estimate of drug-likeness (QED) is 0.668. The molecule has 3 rings (SSSR count). The van der Waals surface area contributed by atoms with Gasteiger partial charge in [0.25, 0.3) is 0 Å². The average Bonchev–Trinajstić information content (AvgIpc) is 3.07. The first-order chi connectivity index (χ1) is 10.8. The lowest BCUT2D eigenvalue weighted by molar-refractivity contribution is 0.935. The second-order valence-electron chi connectivity index (χ2n) is 4.98. The maximum atomic E-state index is 6.00. The molecule has 23 heavy (non-hydrogen) atoms. The molecule has 0 aliphatic carbocycles. The zero-order valence-electron chi connectivity index (χ0n) is 12.7. The van der Waals surface area contributed by atoms with Crippen molar-refractivity contribution in [3.63, 3.8) is 0 Å². The normalized spacial score (nSPS) is 11.1. The summed E-state index contributed by atoms with van der Waals surface area (Å²) >= 11 is 6.00. The number of nitrogens with zero attached hydrogens (tertiary/aromatic N) is 3. The molecule has 2 aromatic carbocycles. The Hall–Kier alpha value is -2.10. The smallest absolute Gasteiger partial charge is 0.138 e. The zero-order valence-corrected chi connectivity index (χ0v) is 14.3. The Morgan fingerprint density at radius 3 is 2.17 bits per heavy atom. The highest BCUT2D eigenvalue weighted by Gasteiger charge is 2.06. The van der Waals surface area contributed by atoms with E-state index in [-0.39, 0.29) is 12.4 Å². The summed E-state index contributed by atoms with van der Waals surface area (Å²) in [4.78, 5) is 3.99. The van der Waals surface area contributed by atoms with Crippen LogP contribution in [0.5, 0.6) is 0 Å². The van der Waals surface area contributed by atoms with E-state index in [0.29, 0.717) is 0 Å². The standard InChI is InChI=1S/C18H16ClN3.ClH/c1-2-14-3-5-15(6-4-14)18(11-22-13-20-12-21-22)16-7-9-17(19)10-8-16;/h3-13H,2H2,1H3;1H/b18-11+;. The van der Waals surface area contributed by atoms with Gasteiger partial charge >= 0.3 is 0 Å². The topological polar surface area (TPSA) is 30.7 Å². The number of aromatic nitrogens is 3. The molecule has 1 heterocycles. The van der Waals surface area contributed by atoms with Gasteiger partial charge in [-0.05, 0) is 35.2 Å². The van der Waals surface area contributed by atoms with E-state index in [1.54, 1.807) is 11.0 Å². The molecule has 0 bridgehead atoms. The molecular weight excluding hydrogens is 329 g/mol. The van der Waals surface area contributed by atoms with Crippen molar-refractivity contribution >= 4 is 35.8 Å². The Morgan fingerprint density at radius 1 is 1.04 bits per heavy atom. The van der Waals surface area contributed by atoms with Crippen molar-refractivity contribution in [2.75, 3.05) is 0 Å². The monoisotopic (exact) mass is 345 g/mol. The molecule has 0 fully saturated rings. The van der Waals surface area contributed by atoms with Gasteiger partial charge in [-0.2, -0.15) is 5.10 Å². The van der Waals surface area contributed by atoms with Crippen LogP contribution in [0, 0.1) is 0 Å². The SMILES string of the molecule is CCc1ccc(/C(=C\n2cncn2)c2ccc(Cl)cc2)cc1.Cl. The molecule has 0 saturated carbocycles. The lowest BCUT2D eigenvalue weighted by Crippen LogP contribution is -1.94. The Bertz CT molecular complexity index is 761. The molecule has 0 saturated heterocycles. The van der Waals surface area contributed by atoms with Gasteiger partial charge in [0.1, 0.15) is 12.7 Å². The van der Waals surface area contributed by atoms with Crippen LogP contribution in [0.3, 0.4) is 0 Å². The summed E-state index contributed by atoms with van der Waals surface area (Å²) in [6.07, 6.45) is 6.20. The molecule has 0 N–H and O–H groups in total. The highest BCUT2D eigenvalue weighted by molar-refractivity contribution is 6.30. The van der Waals surface area contributed by atoms with Gasteiger partial charge in [-0.25, -0.2) is 9.67 Å². The first-order valence-electron chi connectivity index (χ1n) is 7.17. The molecule has 0 radical (unpaired) electrons. The molecule has 0 amide bonds. The maximum Gasteiger partial charge on any atom is 0.138 e. The Balaban J connectivity index is 0.00000192. The van der Waals surface area contributed by atoms with E-state index in [2.05, 4.69) is 41.3 Å². The van der Waals surface area contributed by atoms with Crippen LogP contribution < -0.4 is 0 Å². The number of hydrogen-bond donors (Lipinski definition) is 0. The van der Waals surface area contributed by atoms with E-state index in [1.165, 1.54) is 11.9 Å². The van der Waals surface area contributed by atoms with Gasteiger partial charge in [0.2, 0.25) is 0 Å². The van der Waals surface area contributed by atoms with Crippen LogP contribution in [0.15, 0.2) is 61.2 Å². The van der Waals surface area contributed by atoms with Crippen LogP contribution in [0.4, 0.5) is 0 Å². The number of halogens is 2. The van der Waals surface area contributed by atoms with E-state index in [1.807, 2.05) is 30.5 Å². The summed E-state index contributed by atoms with van der Waals surface area (Å²) in [7, 11) is 0. The van der Waals surface area contributed by atoms with Crippen LogP contribution in [0.1, 0.15) is 23.6 Å². The van der Waals surface area contributed by atoms with E-state index in [0.717, 1.165) is 28.1 Å². The number of benzene rings is 2. The van der Waals surface area contributed by atoms with Crippen molar-refractivity contribution in [3.05, 3.63) is 82.9 Å². The number of aryl methyl sites for hydroxylation is 1. The van der Waals surface area contributed by atoms with Crippen molar-refractivity contribution in [2.45, 2.75) is 13.3 Å². The van der Waals surface area contributed by atoms with Gasteiger partial charge < -0.3 is 0 Å². The van der Waals surface area contributed by atoms with E-state index in [9.17, 15) is 0 Å². The van der Waals surface area contributed by atoms with Crippen molar-refractivity contribution in [3.8, 4) is 0 Å². The van der Waals surface area contributed by atoms with Crippen LogP contribution in [0.25, 0.3) is 11.8 Å². The molecular formula is C18H17Cl2N3. The fourth-order valence-electron chi connectivity index (χ4n) is 2.28. The first kappa shape index (κ1) is 17.3. The second-order valence-corrected chi connectivity index (χ2v) is 5.41. The molecule has 5 heteroatoms. The fraction of sp³-hybridized carbons (Fsp3) is 0.111. The molecule has 3 nitrogen and oxygen atoms in total. The van der Waals surface area contributed by atoms with E-state index >= 15 is 0 Å². The minimum absolute atomic E-state index is 0. The van der Waals surface area contributed by atoms with Gasteiger partial charge in [-0.1, -0.05) is 54.9 Å². The maximum absolute atomic E-state index is 6.00. The van der Waals surface area contributed by atoms with Crippen molar-refractivity contribution in [1.29, 1.82) is 0 Å². The van der Waals surface area contributed by atoms with Crippen LogP contribution in [0.2, 0.25) is 5.02 Å². The average molecular weight is 346 g/mol. The van der Waals surface area contributed by atoms with E-state index in [4.69, 9.17) is 11.6 Å². The van der Waals surface area contributed by atoms with Gasteiger partial charge in [-0.3, -0.25) is 0 Å². The first-order valence-corrected chi connectivity index (χ1v) is 7.55. The third-order valence-corrected chi connectivity index (χ3v) is 3.78. The summed E-state index contributed by atoms with van der Waals surface area (Å²) < 4.78 is 1.71. The number of rotatable bonds is 4. The van der Waals surface area contributed by atoms with Gasteiger partial charge in [0, 0.05) is 16.8 Å². The van der Waals surface area contributed by atoms with E-state index < -0.39 is 0 Å². The Kier molecular flexibility index (Phi) is 5.97. The van der Waals surface area contributed by atoms with Crippen molar-refractivity contribution in [2.24, 2.45) is 0 Å². The van der Waals surface area contributed by atoms with Crippen LogP contribution >= 0.6 is 24.0 Å². The highest BCUT2D eigenvalue weighted by atomic mass is 35.5. The zero-order chi connectivity index (χ0) is 15.4. The third-order valence-electron chi connectivity index (χ3n) is 3.53. The molecule has 0 aliphatic heterocycles. The number of hydrogen-bond acceptors (Lipinski definition) is 2. The molecule has 0 spiro atoms. The molecule has 118 valence electrons. The summed E-state index contributed by atoms with van der Waals surface area (Å²) in [5.41, 5.74) is 4.61. The van der Waals surface area contributed by atoms with Crippen LogP contribution in [-0.2, 0) is 6.42 Å². The van der Waals surface area contributed by atoms with Crippen LogP contribution in [-0.4, -0.2) is 14.8 Å². The predicted molar refractivity (Wildman–Crippen MR) is 97.8 cm³/mol. The van der Waals surface area contributed by atoms with Crippen molar-refractivity contribution in [1.82, 2.24) is 14.8 Å². The summed E-state index contributed by atoms with van der Waals surface area (Å²) in [5, 5.41) is 4.89. The molecule has 1 aromatic heterocycles. The summed E-state index contributed by atoms with van der Waals surface area (Å²) in [6.45, 7) is 2.15. The summed E-state index contributed by atoms with van der Waals surface area (Å²) in [5.74, 6) is 0. The molecule has 3 aromatic rings. The summed E-state index contributed by atoms with van der Waals surface area (Å²) in [6, 6.07) is 16.4. The lowest BCUT2D eigenvalue weighted by atomic mass is 9.97. The molecule has 0 atom stereocenters. The largest absolute Gasteiger partial charge is 0.228 e. The third kappa shape index (κ3) is 4.21. The highest BCUT2D eigenvalue weighted by Crippen LogP contribution is 2.26. The lowest BCUT2D eigenvalue weighted by Gasteiger charge is -2.09. The van der Waals surface area contributed by atoms with Gasteiger partial charge in [0.15, 0.2) is 0 Å². The van der Waals surface area contributed by atoms with Crippen molar-refractivity contribution < 1.29 is 0 Å². The molecule has 0 aliphatic rings. The second kappa shape index (κ2) is 7.95. The predicted octanol–water partition coefficient (Wildman–Crippen LogP) is 4.96. The minimum Gasteiger partial charge on any atom is -0.228 e. The fourth-order valence-corrected chi connectivity index (χ4v) is 2.41. The molecule has 0 unspecified atom stereocenters. The minimum atomic E-state index is 0. The Morgan fingerprint density at radius 2 is 1.65 bits per heavy atom. The Labute approximate surface area is 147 Å². The van der Waals surface area contributed by atoms with Gasteiger partial charge in [0.05, 0.1) is 0 Å².